The molecular formula is C18H15NO4. The number of nitrogens with one attached hydrogen (secondary N) is 1. The van der Waals surface area contributed by atoms with Crippen molar-refractivity contribution < 1.29 is 14.6 Å². The molecule has 1 heterocycles. The monoisotopic (exact) mass is 309 g/mol. The number of pyridine rings is 1. The van der Waals surface area contributed by atoms with Crippen LogP contribution in [0.2, 0.25) is 0 Å². The van der Waals surface area contributed by atoms with Crippen LogP contribution in [-0.2, 0) is 11.2 Å². The molecule has 3 aromatic rings. The quantitative estimate of drug-likeness (QED) is 0.729. The maximum Gasteiger partial charge on any atom is 0.354 e. The lowest BCUT2D eigenvalue weighted by Crippen LogP contribution is -2.11. The fourth-order valence-corrected chi connectivity index (χ4v) is 2.54. The number of carbonyl (C=O) groups is 1. The van der Waals surface area contributed by atoms with Crippen LogP contribution in [0.1, 0.15) is 21.6 Å². The van der Waals surface area contributed by atoms with Crippen LogP contribution in [0.15, 0.2) is 53.3 Å². The summed E-state index contributed by atoms with van der Waals surface area (Å²) < 4.78 is 4.59. The van der Waals surface area contributed by atoms with Gasteiger partial charge in [-0.15, -0.1) is 0 Å². The molecule has 0 atom stereocenters. The highest BCUT2D eigenvalue weighted by Gasteiger charge is 2.13. The number of aromatic nitrogens is 1. The molecule has 0 amide bonds. The van der Waals surface area contributed by atoms with Crippen LogP contribution in [0.25, 0.3) is 10.9 Å². The normalized spacial score (nSPS) is 10.7. The molecule has 0 bridgehead atoms. The molecule has 116 valence electrons. The van der Waals surface area contributed by atoms with E-state index in [1.165, 1.54) is 13.2 Å². The summed E-state index contributed by atoms with van der Waals surface area (Å²) in [6.07, 6.45) is 0.600. The van der Waals surface area contributed by atoms with Gasteiger partial charge in [0.2, 0.25) is 0 Å². The summed E-state index contributed by atoms with van der Waals surface area (Å²) in [4.78, 5) is 26.5. The van der Waals surface area contributed by atoms with E-state index in [9.17, 15) is 14.7 Å². The van der Waals surface area contributed by atoms with E-state index >= 15 is 0 Å². The molecule has 5 nitrogen and oxygen atoms in total. The van der Waals surface area contributed by atoms with Gasteiger partial charge in [-0.3, -0.25) is 4.79 Å². The number of rotatable bonds is 3. The zero-order valence-electron chi connectivity index (χ0n) is 12.5. The van der Waals surface area contributed by atoms with Crippen molar-refractivity contribution in [3.8, 4) is 5.75 Å². The smallest absolute Gasteiger partial charge is 0.354 e. The van der Waals surface area contributed by atoms with Crippen molar-refractivity contribution in [3.05, 3.63) is 75.6 Å². The maximum absolute atomic E-state index is 12.2. The van der Waals surface area contributed by atoms with E-state index < -0.39 is 5.97 Å². The fraction of sp³-hybridized carbons (Fsp3) is 0.111. The van der Waals surface area contributed by atoms with Gasteiger partial charge in [-0.2, -0.15) is 0 Å². The first kappa shape index (κ1) is 14.8. The largest absolute Gasteiger partial charge is 0.506 e. The van der Waals surface area contributed by atoms with Crippen molar-refractivity contribution >= 4 is 16.9 Å². The second kappa shape index (κ2) is 5.96. The summed E-state index contributed by atoms with van der Waals surface area (Å²) in [6, 6.07) is 14.3. The van der Waals surface area contributed by atoms with E-state index in [-0.39, 0.29) is 22.4 Å². The Hall–Kier alpha value is -3.08. The van der Waals surface area contributed by atoms with Crippen molar-refractivity contribution in [2.24, 2.45) is 0 Å². The zero-order valence-corrected chi connectivity index (χ0v) is 12.5. The van der Waals surface area contributed by atoms with Crippen molar-refractivity contribution in [3.63, 3.8) is 0 Å². The Kier molecular flexibility index (Phi) is 3.85. The number of ether oxygens (including phenoxy) is 1. The average Bonchev–Trinajstić information content (AvgIpc) is 2.56. The molecular weight excluding hydrogens is 294 g/mol. The van der Waals surface area contributed by atoms with E-state index in [0.717, 1.165) is 11.1 Å². The van der Waals surface area contributed by atoms with Gasteiger partial charge in [-0.05, 0) is 29.7 Å². The molecule has 0 aliphatic rings. The lowest BCUT2D eigenvalue weighted by Gasteiger charge is -2.08. The molecule has 3 rings (SSSR count). The molecule has 2 aromatic carbocycles. The highest BCUT2D eigenvalue weighted by Crippen LogP contribution is 2.24. The third-order valence-corrected chi connectivity index (χ3v) is 3.63. The number of carbonyl (C=O) groups excluding carboxylic acids is 1. The van der Waals surface area contributed by atoms with E-state index in [1.807, 2.05) is 30.3 Å². The molecule has 0 radical (unpaired) electrons. The third kappa shape index (κ3) is 2.94. The molecule has 0 unspecified atom stereocenters. The third-order valence-electron chi connectivity index (χ3n) is 3.63. The first-order valence-corrected chi connectivity index (χ1v) is 7.09. The second-order valence-corrected chi connectivity index (χ2v) is 5.24. The molecule has 0 saturated carbocycles. The molecule has 0 aliphatic carbocycles. The Morgan fingerprint density at radius 2 is 1.87 bits per heavy atom. The van der Waals surface area contributed by atoms with E-state index in [4.69, 9.17) is 0 Å². The number of hydrogen-bond donors (Lipinski definition) is 2. The molecule has 0 fully saturated rings. The van der Waals surface area contributed by atoms with Crippen LogP contribution in [0, 0.1) is 0 Å². The number of hydrogen-bond acceptors (Lipinski definition) is 4. The van der Waals surface area contributed by atoms with Gasteiger partial charge in [0, 0.05) is 11.5 Å². The van der Waals surface area contributed by atoms with Gasteiger partial charge in [0.1, 0.15) is 11.4 Å². The Balaban J connectivity index is 2.10. The number of phenolic OH excluding ortho intramolecular Hbond substituents is 1. The van der Waals surface area contributed by atoms with Crippen LogP contribution in [0.5, 0.6) is 5.75 Å². The molecule has 0 spiro atoms. The fourth-order valence-electron chi connectivity index (χ4n) is 2.54. The first-order chi connectivity index (χ1) is 11.1. The van der Waals surface area contributed by atoms with Gasteiger partial charge in [0.05, 0.1) is 12.6 Å². The summed E-state index contributed by atoms with van der Waals surface area (Å²) in [5.41, 5.74) is 1.79. The molecule has 23 heavy (non-hydrogen) atoms. The maximum atomic E-state index is 12.2. The Morgan fingerprint density at radius 1 is 1.13 bits per heavy atom. The number of fused-ring (bicyclic) bond motifs is 1. The molecule has 2 N–H and O–H groups in total. The molecule has 5 heteroatoms. The highest BCUT2D eigenvalue weighted by atomic mass is 16.5. The highest BCUT2D eigenvalue weighted by molar-refractivity contribution is 5.92. The van der Waals surface area contributed by atoms with Crippen LogP contribution in [0.3, 0.4) is 0 Å². The standard InChI is InChI=1S/C18H15NO4/c1-23-18(22)14-10-15(20)13-8-12(9-16(21)17(13)19-14)7-11-5-3-2-4-6-11/h2-6,8-10,21H,7H2,1H3,(H,19,20). The summed E-state index contributed by atoms with van der Waals surface area (Å²) in [5.74, 6) is -0.729. The summed E-state index contributed by atoms with van der Waals surface area (Å²) in [7, 11) is 1.23. The Morgan fingerprint density at radius 3 is 2.57 bits per heavy atom. The van der Waals surface area contributed by atoms with E-state index in [0.29, 0.717) is 11.8 Å². The minimum atomic E-state index is -0.656. The number of methoxy groups -OCH3 is 1. The summed E-state index contributed by atoms with van der Waals surface area (Å²) in [6.45, 7) is 0. The number of esters is 1. The SMILES string of the molecule is COC(=O)c1cc(=O)c2cc(Cc3ccccc3)cc(O)c2[nH]1. The van der Waals surface area contributed by atoms with Gasteiger partial charge in [-0.1, -0.05) is 30.3 Å². The van der Waals surface area contributed by atoms with Crippen LogP contribution >= 0.6 is 0 Å². The molecule has 1 aromatic heterocycles. The lowest BCUT2D eigenvalue weighted by molar-refractivity contribution is 0.0594. The van der Waals surface area contributed by atoms with Crippen molar-refractivity contribution in [1.82, 2.24) is 4.98 Å². The first-order valence-electron chi connectivity index (χ1n) is 7.09. The van der Waals surface area contributed by atoms with Crippen molar-refractivity contribution in [2.45, 2.75) is 6.42 Å². The van der Waals surface area contributed by atoms with E-state index in [1.54, 1.807) is 12.1 Å². The van der Waals surface area contributed by atoms with Gasteiger partial charge >= 0.3 is 5.97 Å². The summed E-state index contributed by atoms with van der Waals surface area (Å²) in [5, 5.41) is 10.5. The Bertz CT molecular complexity index is 929. The minimum Gasteiger partial charge on any atom is -0.506 e. The van der Waals surface area contributed by atoms with Gasteiger partial charge in [0.15, 0.2) is 5.43 Å². The zero-order chi connectivity index (χ0) is 16.4. The predicted molar refractivity (Wildman–Crippen MR) is 86.8 cm³/mol. The number of aromatic hydroxyl groups is 1. The number of aromatic amines is 1. The Labute approximate surface area is 132 Å². The van der Waals surface area contributed by atoms with Gasteiger partial charge in [0.25, 0.3) is 0 Å². The predicted octanol–water partition coefficient (Wildman–Crippen LogP) is 2.61. The summed E-state index contributed by atoms with van der Waals surface area (Å²) >= 11 is 0. The van der Waals surface area contributed by atoms with Crippen molar-refractivity contribution in [1.29, 1.82) is 0 Å². The number of phenols is 1. The van der Waals surface area contributed by atoms with Crippen LogP contribution in [0.4, 0.5) is 0 Å². The van der Waals surface area contributed by atoms with Gasteiger partial charge < -0.3 is 14.8 Å². The van der Waals surface area contributed by atoms with Crippen LogP contribution in [-0.4, -0.2) is 23.2 Å². The minimum absolute atomic E-state index is 0.0103. The second-order valence-electron chi connectivity index (χ2n) is 5.24. The van der Waals surface area contributed by atoms with E-state index in [2.05, 4.69) is 9.72 Å². The van der Waals surface area contributed by atoms with Crippen LogP contribution < -0.4 is 5.43 Å². The topological polar surface area (TPSA) is 79.4 Å². The van der Waals surface area contributed by atoms with Crippen molar-refractivity contribution in [2.75, 3.05) is 7.11 Å². The number of benzene rings is 2. The van der Waals surface area contributed by atoms with Gasteiger partial charge in [-0.25, -0.2) is 4.79 Å². The molecule has 0 saturated heterocycles. The number of H-pyrrole nitrogens is 1. The lowest BCUT2D eigenvalue weighted by atomic mass is 10.0. The average molecular weight is 309 g/mol. The molecule has 0 aliphatic heterocycles.